The van der Waals surface area contributed by atoms with Gasteiger partial charge in [-0.05, 0) is 53.3 Å². The van der Waals surface area contributed by atoms with E-state index in [9.17, 15) is 4.79 Å². The fourth-order valence-corrected chi connectivity index (χ4v) is 4.21. The Morgan fingerprint density at radius 2 is 1.58 bits per heavy atom. The number of halogens is 1. The van der Waals surface area contributed by atoms with Crippen molar-refractivity contribution in [3.63, 3.8) is 0 Å². The zero-order valence-electron chi connectivity index (χ0n) is 14.3. The number of aldehydes is 1. The van der Waals surface area contributed by atoms with Crippen LogP contribution in [-0.2, 0) is 11.2 Å². The molecule has 0 spiro atoms. The van der Waals surface area contributed by atoms with Crippen LogP contribution in [0.1, 0.15) is 28.7 Å². The van der Waals surface area contributed by atoms with Crippen LogP contribution in [0.25, 0.3) is 0 Å². The molecule has 1 N–H and O–H groups in total. The number of anilines is 1. The van der Waals surface area contributed by atoms with Crippen molar-refractivity contribution in [2.75, 3.05) is 5.32 Å². The third kappa shape index (κ3) is 3.32. The Bertz CT molecular complexity index is 892. The van der Waals surface area contributed by atoms with E-state index in [0.29, 0.717) is 0 Å². The number of rotatable bonds is 4. The van der Waals surface area contributed by atoms with Crippen LogP contribution in [0, 0.1) is 5.92 Å². The van der Waals surface area contributed by atoms with E-state index in [1.807, 2.05) is 30.3 Å². The smallest absolute Gasteiger partial charge is 0.126 e. The molecule has 3 atom stereocenters. The number of carbonyl (C=O) groups excluding carboxylic acids is 1. The van der Waals surface area contributed by atoms with E-state index in [1.54, 1.807) is 0 Å². The lowest BCUT2D eigenvalue weighted by atomic mass is 9.70. The predicted octanol–water partition coefficient (Wildman–Crippen LogP) is 5.76. The maximum atomic E-state index is 12.2. The van der Waals surface area contributed by atoms with Gasteiger partial charge in [0.2, 0.25) is 0 Å². The summed E-state index contributed by atoms with van der Waals surface area (Å²) in [6.45, 7) is 0. The topological polar surface area (TPSA) is 29.1 Å². The quantitative estimate of drug-likeness (QED) is 0.559. The van der Waals surface area contributed by atoms with Crippen molar-refractivity contribution >= 4 is 27.9 Å². The van der Waals surface area contributed by atoms with Crippen molar-refractivity contribution in [3.8, 4) is 0 Å². The molecular weight excluding hydrogens is 386 g/mol. The molecule has 0 amide bonds. The molecule has 1 aliphatic rings. The number of hydrogen-bond donors (Lipinski definition) is 1. The highest BCUT2D eigenvalue weighted by Gasteiger charge is 2.37. The molecule has 130 valence electrons. The zero-order valence-corrected chi connectivity index (χ0v) is 15.9. The summed E-state index contributed by atoms with van der Waals surface area (Å²) in [7, 11) is 0. The molecule has 0 fully saturated rings. The first-order valence-electron chi connectivity index (χ1n) is 8.86. The first-order chi connectivity index (χ1) is 12.8. The van der Waals surface area contributed by atoms with Crippen molar-refractivity contribution in [2.24, 2.45) is 5.92 Å². The second kappa shape index (κ2) is 7.46. The Kier molecular flexibility index (Phi) is 4.89. The average Bonchev–Trinajstić information content (AvgIpc) is 2.69. The first-order valence-corrected chi connectivity index (χ1v) is 9.65. The third-order valence-electron chi connectivity index (χ3n) is 5.23. The Morgan fingerprint density at radius 3 is 2.31 bits per heavy atom. The third-order valence-corrected chi connectivity index (χ3v) is 5.76. The largest absolute Gasteiger partial charge is 0.377 e. The molecule has 0 radical (unpaired) electrons. The molecule has 4 rings (SSSR count). The molecule has 26 heavy (non-hydrogen) atoms. The lowest BCUT2D eigenvalue weighted by molar-refractivity contribution is -0.112. The molecule has 0 unspecified atom stereocenters. The van der Waals surface area contributed by atoms with Gasteiger partial charge < -0.3 is 10.1 Å². The summed E-state index contributed by atoms with van der Waals surface area (Å²) in [5.41, 5.74) is 4.78. The average molecular weight is 406 g/mol. The molecular formula is C23H20BrNO. The van der Waals surface area contributed by atoms with E-state index in [1.165, 1.54) is 16.7 Å². The summed E-state index contributed by atoms with van der Waals surface area (Å²) >= 11 is 3.50. The van der Waals surface area contributed by atoms with Gasteiger partial charge in [0.1, 0.15) is 6.29 Å². The summed E-state index contributed by atoms with van der Waals surface area (Å²) in [4.78, 5) is 12.2. The van der Waals surface area contributed by atoms with Crippen molar-refractivity contribution in [2.45, 2.75) is 18.4 Å². The number of carbonyl (C=O) groups is 1. The van der Waals surface area contributed by atoms with Gasteiger partial charge in [-0.25, -0.2) is 0 Å². The molecule has 0 aliphatic heterocycles. The molecule has 3 aromatic carbocycles. The Balaban J connectivity index is 1.76. The lowest BCUT2D eigenvalue weighted by Crippen LogP contribution is -2.33. The van der Waals surface area contributed by atoms with Crippen LogP contribution < -0.4 is 5.32 Å². The van der Waals surface area contributed by atoms with E-state index in [0.717, 1.165) is 22.9 Å². The Labute approximate surface area is 162 Å². The summed E-state index contributed by atoms with van der Waals surface area (Å²) < 4.78 is 1.05. The monoisotopic (exact) mass is 405 g/mol. The Morgan fingerprint density at radius 1 is 0.885 bits per heavy atom. The van der Waals surface area contributed by atoms with Crippen LogP contribution in [0.5, 0.6) is 0 Å². The molecule has 3 heteroatoms. The van der Waals surface area contributed by atoms with Crippen molar-refractivity contribution in [1.82, 2.24) is 0 Å². The van der Waals surface area contributed by atoms with Gasteiger partial charge in [0.25, 0.3) is 0 Å². The number of hydrogen-bond acceptors (Lipinski definition) is 2. The van der Waals surface area contributed by atoms with E-state index in [-0.39, 0.29) is 17.9 Å². The van der Waals surface area contributed by atoms with Gasteiger partial charge in [-0.15, -0.1) is 0 Å². The van der Waals surface area contributed by atoms with Crippen LogP contribution in [0.4, 0.5) is 5.69 Å². The maximum absolute atomic E-state index is 12.2. The molecule has 1 aliphatic carbocycles. The molecule has 0 saturated carbocycles. The van der Waals surface area contributed by atoms with Crippen LogP contribution in [-0.4, -0.2) is 6.29 Å². The summed E-state index contributed by atoms with van der Waals surface area (Å²) in [6, 6.07) is 26.9. The minimum absolute atomic E-state index is 0.0338. The summed E-state index contributed by atoms with van der Waals surface area (Å²) in [5.74, 6) is 0.0444. The highest BCUT2D eigenvalue weighted by Crippen LogP contribution is 2.44. The molecule has 2 nitrogen and oxygen atoms in total. The van der Waals surface area contributed by atoms with Gasteiger partial charge in [0, 0.05) is 16.1 Å². The van der Waals surface area contributed by atoms with Gasteiger partial charge in [-0.3, -0.25) is 0 Å². The molecule has 3 aromatic rings. The standard InChI is InChI=1S/C23H20BrNO/c24-18-12-10-16(11-13-18)21-14-17-6-4-5-9-20(17)23(22(21)15-26)25-19-7-2-1-3-8-19/h1-13,15,21-23,25H,14H2/t21-,22-,23+/m0/s1. The second-order valence-corrected chi connectivity index (χ2v) is 7.68. The maximum Gasteiger partial charge on any atom is 0.126 e. The van der Waals surface area contributed by atoms with Crippen molar-refractivity contribution in [3.05, 3.63) is 100 Å². The lowest BCUT2D eigenvalue weighted by Gasteiger charge is -2.38. The zero-order chi connectivity index (χ0) is 17.9. The van der Waals surface area contributed by atoms with Crippen LogP contribution >= 0.6 is 15.9 Å². The Hall–Kier alpha value is -2.39. The fourth-order valence-electron chi connectivity index (χ4n) is 3.95. The van der Waals surface area contributed by atoms with E-state index >= 15 is 0 Å². The van der Waals surface area contributed by atoms with Gasteiger partial charge in [-0.2, -0.15) is 0 Å². The predicted molar refractivity (Wildman–Crippen MR) is 109 cm³/mol. The summed E-state index contributed by atoms with van der Waals surface area (Å²) in [6.07, 6.45) is 2.01. The molecule has 0 saturated heterocycles. The van der Waals surface area contributed by atoms with Crippen molar-refractivity contribution < 1.29 is 4.79 Å². The SMILES string of the molecule is O=C[C@@H]1[C@H](Nc2ccccc2)c2ccccc2C[C@H]1c1ccc(Br)cc1. The number of benzene rings is 3. The summed E-state index contributed by atoms with van der Waals surface area (Å²) in [5, 5.41) is 3.61. The highest BCUT2D eigenvalue weighted by molar-refractivity contribution is 9.10. The van der Waals surface area contributed by atoms with Crippen LogP contribution in [0.2, 0.25) is 0 Å². The van der Waals surface area contributed by atoms with Gasteiger partial charge in [0.05, 0.1) is 6.04 Å². The molecule has 0 aromatic heterocycles. The number of fused-ring (bicyclic) bond motifs is 1. The number of para-hydroxylation sites is 1. The minimum atomic E-state index is -0.119. The first kappa shape index (κ1) is 17.0. The van der Waals surface area contributed by atoms with Crippen molar-refractivity contribution in [1.29, 1.82) is 0 Å². The minimum Gasteiger partial charge on any atom is -0.377 e. The second-order valence-electron chi connectivity index (χ2n) is 6.76. The van der Waals surface area contributed by atoms with Gasteiger partial charge in [-0.1, -0.05) is 70.5 Å². The van der Waals surface area contributed by atoms with E-state index in [4.69, 9.17) is 0 Å². The number of nitrogens with one attached hydrogen (secondary N) is 1. The van der Waals surface area contributed by atoms with E-state index in [2.05, 4.69) is 69.8 Å². The normalized spacial score (nSPS) is 21.7. The van der Waals surface area contributed by atoms with Crippen LogP contribution in [0.3, 0.4) is 0 Å². The van der Waals surface area contributed by atoms with Gasteiger partial charge >= 0.3 is 0 Å². The molecule has 0 bridgehead atoms. The van der Waals surface area contributed by atoms with E-state index < -0.39 is 0 Å². The fraction of sp³-hybridized carbons (Fsp3) is 0.174. The molecule has 0 heterocycles. The highest BCUT2D eigenvalue weighted by atomic mass is 79.9. The van der Waals surface area contributed by atoms with Gasteiger partial charge in [0.15, 0.2) is 0 Å². The van der Waals surface area contributed by atoms with Crippen LogP contribution in [0.15, 0.2) is 83.3 Å².